The summed E-state index contributed by atoms with van der Waals surface area (Å²) in [6.07, 6.45) is 1.64. The fraction of sp³-hybridized carbons (Fsp3) is 0.167. The molecule has 0 fully saturated rings. The predicted octanol–water partition coefficient (Wildman–Crippen LogP) is 3.80. The van der Waals surface area contributed by atoms with E-state index in [0.29, 0.717) is 28.6 Å². The first kappa shape index (κ1) is 16.2. The van der Waals surface area contributed by atoms with E-state index >= 15 is 0 Å². The number of halogens is 1. The van der Waals surface area contributed by atoms with E-state index in [0.717, 1.165) is 5.56 Å². The maximum Gasteiger partial charge on any atom is 0.258 e. The third-order valence-corrected chi connectivity index (χ3v) is 4.01. The van der Waals surface area contributed by atoms with E-state index < -0.39 is 0 Å². The van der Waals surface area contributed by atoms with Crippen LogP contribution in [0.25, 0.3) is 11.4 Å². The molecule has 0 bridgehead atoms. The minimum absolute atomic E-state index is 0.0915. The molecule has 24 heavy (non-hydrogen) atoms. The molecule has 3 aromatic rings. The lowest BCUT2D eigenvalue weighted by molar-refractivity contribution is 0.0988. The summed E-state index contributed by atoms with van der Waals surface area (Å²) >= 11 is 6.22. The highest BCUT2D eigenvalue weighted by Crippen LogP contribution is 2.27. The maximum atomic E-state index is 12.8. The lowest BCUT2D eigenvalue weighted by Crippen LogP contribution is -2.30. The molecule has 122 valence electrons. The van der Waals surface area contributed by atoms with E-state index in [4.69, 9.17) is 11.6 Å². The largest absolute Gasteiger partial charge is 0.307 e. The molecule has 3 rings (SSSR count). The van der Waals surface area contributed by atoms with Crippen LogP contribution < -0.4 is 4.90 Å². The van der Waals surface area contributed by atoms with Crippen LogP contribution in [0.15, 0.2) is 54.9 Å². The summed E-state index contributed by atoms with van der Waals surface area (Å²) in [7, 11) is 1.82. The van der Waals surface area contributed by atoms with E-state index in [1.165, 1.54) is 0 Å². The molecule has 0 aliphatic rings. The SMILES string of the molecule is CCN(C(=O)c1ccc(-c2ncn(C)n2)cc1)c1ccccc1Cl. The third kappa shape index (κ3) is 3.16. The van der Waals surface area contributed by atoms with Crippen molar-refractivity contribution in [2.24, 2.45) is 7.05 Å². The molecule has 1 amide bonds. The van der Waals surface area contributed by atoms with Crippen molar-refractivity contribution in [1.82, 2.24) is 14.8 Å². The highest BCUT2D eigenvalue weighted by atomic mass is 35.5. The average Bonchev–Trinajstić information content (AvgIpc) is 3.04. The third-order valence-electron chi connectivity index (χ3n) is 3.69. The zero-order valence-corrected chi connectivity index (χ0v) is 14.2. The van der Waals surface area contributed by atoms with E-state index in [1.54, 1.807) is 34.1 Å². The Bertz CT molecular complexity index is 857. The van der Waals surface area contributed by atoms with Gasteiger partial charge in [0.25, 0.3) is 5.91 Å². The van der Waals surface area contributed by atoms with Crippen molar-refractivity contribution in [1.29, 1.82) is 0 Å². The topological polar surface area (TPSA) is 51.0 Å². The van der Waals surface area contributed by atoms with Gasteiger partial charge in [0.2, 0.25) is 0 Å². The fourth-order valence-electron chi connectivity index (χ4n) is 2.48. The molecule has 0 aliphatic heterocycles. The molecule has 0 N–H and O–H groups in total. The van der Waals surface area contributed by atoms with Crippen LogP contribution in [-0.2, 0) is 7.05 Å². The number of para-hydroxylation sites is 1. The minimum Gasteiger partial charge on any atom is -0.307 e. The number of anilines is 1. The van der Waals surface area contributed by atoms with Gasteiger partial charge in [-0.05, 0) is 31.2 Å². The van der Waals surface area contributed by atoms with Crippen LogP contribution in [0.5, 0.6) is 0 Å². The number of amides is 1. The number of nitrogens with zero attached hydrogens (tertiary/aromatic N) is 4. The Morgan fingerprint density at radius 3 is 2.46 bits per heavy atom. The van der Waals surface area contributed by atoms with Crippen molar-refractivity contribution in [2.45, 2.75) is 6.92 Å². The lowest BCUT2D eigenvalue weighted by atomic mass is 10.1. The van der Waals surface area contributed by atoms with E-state index in [2.05, 4.69) is 10.1 Å². The molecule has 0 saturated heterocycles. The number of hydrogen-bond donors (Lipinski definition) is 0. The van der Waals surface area contributed by atoms with Crippen LogP contribution in [0.3, 0.4) is 0 Å². The van der Waals surface area contributed by atoms with Crippen LogP contribution in [0.2, 0.25) is 5.02 Å². The predicted molar refractivity (Wildman–Crippen MR) is 95.2 cm³/mol. The zero-order chi connectivity index (χ0) is 17.1. The van der Waals surface area contributed by atoms with Gasteiger partial charge in [-0.2, -0.15) is 5.10 Å². The Hall–Kier alpha value is -2.66. The second-order valence-electron chi connectivity index (χ2n) is 5.32. The molecule has 0 aliphatic carbocycles. The van der Waals surface area contributed by atoms with Gasteiger partial charge in [0.05, 0.1) is 10.7 Å². The average molecular weight is 341 g/mol. The van der Waals surface area contributed by atoms with Gasteiger partial charge < -0.3 is 4.90 Å². The Morgan fingerprint density at radius 2 is 1.88 bits per heavy atom. The number of carbonyl (C=O) groups excluding carboxylic acids is 1. The minimum atomic E-state index is -0.0915. The molecule has 1 aromatic heterocycles. The lowest BCUT2D eigenvalue weighted by Gasteiger charge is -2.22. The second kappa shape index (κ2) is 6.84. The van der Waals surface area contributed by atoms with Crippen molar-refractivity contribution in [3.63, 3.8) is 0 Å². The van der Waals surface area contributed by atoms with Gasteiger partial charge in [0, 0.05) is 24.7 Å². The molecule has 1 heterocycles. The van der Waals surface area contributed by atoms with Crippen molar-refractivity contribution in [2.75, 3.05) is 11.4 Å². The smallest absolute Gasteiger partial charge is 0.258 e. The Labute approximate surface area is 145 Å². The molecule has 6 heteroatoms. The van der Waals surface area contributed by atoms with E-state index in [-0.39, 0.29) is 5.91 Å². The van der Waals surface area contributed by atoms with Crippen molar-refractivity contribution >= 4 is 23.2 Å². The molecule has 0 spiro atoms. The summed E-state index contributed by atoms with van der Waals surface area (Å²) in [6, 6.07) is 14.6. The first-order chi connectivity index (χ1) is 11.6. The second-order valence-corrected chi connectivity index (χ2v) is 5.73. The molecule has 0 atom stereocenters. The maximum absolute atomic E-state index is 12.8. The molecule has 5 nitrogen and oxygen atoms in total. The number of benzene rings is 2. The number of rotatable bonds is 4. The molecule has 0 radical (unpaired) electrons. The highest BCUT2D eigenvalue weighted by molar-refractivity contribution is 6.34. The summed E-state index contributed by atoms with van der Waals surface area (Å²) in [6.45, 7) is 2.46. The van der Waals surface area contributed by atoms with Gasteiger partial charge in [0.1, 0.15) is 6.33 Å². The van der Waals surface area contributed by atoms with Crippen LogP contribution >= 0.6 is 11.6 Å². The normalized spacial score (nSPS) is 10.6. The van der Waals surface area contributed by atoms with E-state index in [9.17, 15) is 4.79 Å². The van der Waals surface area contributed by atoms with Gasteiger partial charge in [-0.15, -0.1) is 0 Å². The number of carbonyl (C=O) groups is 1. The van der Waals surface area contributed by atoms with Crippen LogP contribution in [-0.4, -0.2) is 27.2 Å². The van der Waals surface area contributed by atoms with Crippen LogP contribution in [0, 0.1) is 0 Å². The first-order valence-electron chi connectivity index (χ1n) is 7.62. The molecule has 0 unspecified atom stereocenters. The van der Waals surface area contributed by atoms with Crippen molar-refractivity contribution in [3.8, 4) is 11.4 Å². The van der Waals surface area contributed by atoms with Crippen LogP contribution in [0.4, 0.5) is 5.69 Å². The quantitative estimate of drug-likeness (QED) is 0.725. The number of aromatic nitrogens is 3. The monoisotopic (exact) mass is 340 g/mol. The summed E-state index contributed by atoms with van der Waals surface area (Å²) in [5, 5.41) is 4.82. The zero-order valence-electron chi connectivity index (χ0n) is 13.5. The summed E-state index contributed by atoms with van der Waals surface area (Å²) in [4.78, 5) is 18.7. The van der Waals surface area contributed by atoms with Gasteiger partial charge in [-0.1, -0.05) is 35.9 Å². The van der Waals surface area contributed by atoms with E-state index in [1.807, 2.05) is 44.3 Å². The van der Waals surface area contributed by atoms with Crippen molar-refractivity contribution < 1.29 is 4.79 Å². The summed E-state index contributed by atoms with van der Waals surface area (Å²) < 4.78 is 1.64. The molecular weight excluding hydrogens is 324 g/mol. The molecule has 0 saturated carbocycles. The summed E-state index contributed by atoms with van der Waals surface area (Å²) in [5.41, 5.74) is 2.17. The molecule has 2 aromatic carbocycles. The standard InChI is InChI=1S/C18H17ClN4O/c1-3-23(16-7-5-4-6-15(16)19)18(24)14-10-8-13(9-11-14)17-20-12-22(2)21-17/h4-12H,3H2,1-2H3. The van der Waals surface area contributed by atoms with Gasteiger partial charge in [0.15, 0.2) is 5.82 Å². The Morgan fingerprint density at radius 1 is 1.17 bits per heavy atom. The number of aryl methyl sites for hydroxylation is 1. The molecular formula is C18H17ClN4O. The van der Waals surface area contributed by atoms with Gasteiger partial charge >= 0.3 is 0 Å². The van der Waals surface area contributed by atoms with Crippen molar-refractivity contribution in [3.05, 3.63) is 65.4 Å². The Kier molecular flexibility index (Phi) is 4.62. The number of hydrogen-bond acceptors (Lipinski definition) is 3. The van der Waals surface area contributed by atoms with Gasteiger partial charge in [-0.3, -0.25) is 9.48 Å². The summed E-state index contributed by atoms with van der Waals surface area (Å²) in [5.74, 6) is 0.543. The Balaban J connectivity index is 1.87. The fourth-order valence-corrected chi connectivity index (χ4v) is 2.72. The highest BCUT2D eigenvalue weighted by Gasteiger charge is 2.18. The van der Waals surface area contributed by atoms with Crippen LogP contribution in [0.1, 0.15) is 17.3 Å². The first-order valence-corrected chi connectivity index (χ1v) is 8.00. The van der Waals surface area contributed by atoms with Gasteiger partial charge in [-0.25, -0.2) is 4.98 Å².